The molecule has 0 aliphatic carbocycles. The molecule has 22 heavy (non-hydrogen) atoms. The number of halogens is 4. The minimum absolute atomic E-state index is 0.627. The fourth-order valence-electron chi connectivity index (χ4n) is 1.42. The summed E-state index contributed by atoms with van der Waals surface area (Å²) >= 11 is 0. The van der Waals surface area contributed by atoms with Gasteiger partial charge in [0, 0.05) is 0 Å². The summed E-state index contributed by atoms with van der Waals surface area (Å²) in [7, 11) is -6.00. The molecular formula is C13H25BF4N2O2. The van der Waals surface area contributed by atoms with Gasteiger partial charge in [0.2, 0.25) is 6.33 Å². The molecule has 0 aliphatic rings. The van der Waals surface area contributed by atoms with E-state index in [2.05, 4.69) is 13.8 Å². The third kappa shape index (κ3) is 15.3. The zero-order chi connectivity index (χ0) is 16.8. The van der Waals surface area contributed by atoms with Gasteiger partial charge in [-0.2, -0.15) is 0 Å². The molecule has 1 rings (SSSR count). The van der Waals surface area contributed by atoms with E-state index in [4.69, 9.17) is 9.47 Å². The number of aromatic nitrogens is 2. The van der Waals surface area contributed by atoms with Crippen LogP contribution < -0.4 is 4.57 Å². The van der Waals surface area contributed by atoms with Crippen molar-refractivity contribution in [3.8, 4) is 0 Å². The van der Waals surface area contributed by atoms with Gasteiger partial charge < -0.3 is 26.7 Å². The molecule has 0 aromatic carbocycles. The number of nitrogens with zero attached hydrogens (tertiary/aromatic N) is 2. The fourth-order valence-corrected chi connectivity index (χ4v) is 1.42. The van der Waals surface area contributed by atoms with Crippen molar-refractivity contribution in [3.63, 3.8) is 0 Å². The van der Waals surface area contributed by atoms with Crippen LogP contribution in [0.1, 0.15) is 39.5 Å². The van der Waals surface area contributed by atoms with Gasteiger partial charge in [-0.05, 0) is 12.8 Å². The summed E-state index contributed by atoms with van der Waals surface area (Å²) in [6, 6.07) is 0. The van der Waals surface area contributed by atoms with Crippen molar-refractivity contribution in [3.05, 3.63) is 18.7 Å². The summed E-state index contributed by atoms with van der Waals surface area (Å²) in [6.07, 6.45) is 10.6. The zero-order valence-corrected chi connectivity index (χ0v) is 13.2. The van der Waals surface area contributed by atoms with Gasteiger partial charge in [0.05, 0.1) is 13.2 Å². The molecule has 0 saturated carbocycles. The normalized spacial score (nSPS) is 11.2. The highest BCUT2D eigenvalue weighted by molar-refractivity contribution is 6.50. The summed E-state index contributed by atoms with van der Waals surface area (Å²) in [4.78, 5) is 0. The van der Waals surface area contributed by atoms with Crippen molar-refractivity contribution in [2.75, 3.05) is 13.2 Å². The number of rotatable bonds is 10. The standard InChI is InChI=1S/C13H25N2O2.BF4/c1-3-5-9-16-12-14-7-8-15(11-14)13-17-10-6-4-2;2-1(3,4)5/h7-8,11H,3-6,9-10,12-13H2,1-2H3;/q+1;-1. The Balaban J connectivity index is 0.000000763. The maximum absolute atomic E-state index is 9.75. The molecule has 0 spiro atoms. The van der Waals surface area contributed by atoms with Crippen LogP contribution >= 0.6 is 0 Å². The Hall–Kier alpha value is -1.09. The summed E-state index contributed by atoms with van der Waals surface area (Å²) in [6.45, 7) is 7.26. The lowest BCUT2D eigenvalue weighted by molar-refractivity contribution is -0.732. The topological polar surface area (TPSA) is 27.3 Å². The quantitative estimate of drug-likeness (QED) is 0.284. The van der Waals surface area contributed by atoms with E-state index in [9.17, 15) is 17.3 Å². The third-order valence-electron chi connectivity index (χ3n) is 2.51. The molecule has 0 N–H and O–H groups in total. The predicted octanol–water partition coefficient (Wildman–Crippen LogP) is 3.62. The zero-order valence-electron chi connectivity index (χ0n) is 13.2. The average molecular weight is 328 g/mol. The Morgan fingerprint density at radius 3 is 2.09 bits per heavy atom. The van der Waals surface area contributed by atoms with E-state index >= 15 is 0 Å². The summed E-state index contributed by atoms with van der Waals surface area (Å²) < 4.78 is 54.1. The number of hydrogen-bond acceptors (Lipinski definition) is 2. The molecule has 9 heteroatoms. The number of imidazole rings is 1. The summed E-state index contributed by atoms with van der Waals surface area (Å²) in [5.41, 5.74) is 0. The number of ether oxygens (including phenoxy) is 2. The van der Waals surface area contributed by atoms with Crippen molar-refractivity contribution in [1.29, 1.82) is 0 Å². The van der Waals surface area contributed by atoms with Crippen molar-refractivity contribution in [1.82, 2.24) is 4.57 Å². The van der Waals surface area contributed by atoms with Crippen LogP contribution in [-0.2, 0) is 22.9 Å². The lowest BCUT2D eigenvalue weighted by Gasteiger charge is -2.00. The molecule has 0 aliphatic heterocycles. The molecule has 1 heterocycles. The fraction of sp³-hybridized carbons (Fsp3) is 0.769. The van der Waals surface area contributed by atoms with Crippen LogP contribution in [0.5, 0.6) is 0 Å². The van der Waals surface area contributed by atoms with Gasteiger partial charge in [-0.1, -0.05) is 26.7 Å². The summed E-state index contributed by atoms with van der Waals surface area (Å²) in [5.74, 6) is 0. The molecule has 1 aromatic rings. The smallest absolute Gasteiger partial charge is 0.418 e. The van der Waals surface area contributed by atoms with Crippen LogP contribution in [0.25, 0.3) is 0 Å². The van der Waals surface area contributed by atoms with Crippen LogP contribution in [0, 0.1) is 0 Å². The molecule has 1 aromatic heterocycles. The Bertz CT molecular complexity index is 343. The first kappa shape index (κ1) is 20.9. The first-order valence-electron chi connectivity index (χ1n) is 7.44. The number of unbranched alkanes of at least 4 members (excludes halogenated alkanes) is 2. The molecule has 0 saturated heterocycles. The molecular weight excluding hydrogens is 303 g/mol. The first-order valence-corrected chi connectivity index (χ1v) is 7.44. The molecule has 0 unspecified atom stereocenters. The highest BCUT2D eigenvalue weighted by Gasteiger charge is 2.20. The van der Waals surface area contributed by atoms with Crippen molar-refractivity contribution in [2.45, 2.75) is 53.0 Å². The molecule has 130 valence electrons. The van der Waals surface area contributed by atoms with Gasteiger partial charge >= 0.3 is 7.25 Å². The van der Waals surface area contributed by atoms with Gasteiger partial charge in [0.15, 0.2) is 13.5 Å². The minimum atomic E-state index is -6.00. The Morgan fingerprint density at radius 1 is 1.00 bits per heavy atom. The van der Waals surface area contributed by atoms with E-state index in [1.807, 2.05) is 27.9 Å². The van der Waals surface area contributed by atoms with E-state index < -0.39 is 7.25 Å². The minimum Gasteiger partial charge on any atom is -0.418 e. The second-order valence-corrected chi connectivity index (χ2v) is 4.72. The van der Waals surface area contributed by atoms with Crippen LogP contribution in [-0.4, -0.2) is 25.0 Å². The molecule has 0 bridgehead atoms. The van der Waals surface area contributed by atoms with E-state index in [-0.39, 0.29) is 0 Å². The van der Waals surface area contributed by atoms with Gasteiger partial charge in [-0.25, -0.2) is 9.13 Å². The Morgan fingerprint density at radius 2 is 1.55 bits per heavy atom. The first-order chi connectivity index (χ1) is 10.4. The third-order valence-corrected chi connectivity index (χ3v) is 2.51. The highest BCUT2D eigenvalue weighted by atomic mass is 19.5. The van der Waals surface area contributed by atoms with E-state index in [0.29, 0.717) is 13.5 Å². The van der Waals surface area contributed by atoms with Crippen LogP contribution in [0.4, 0.5) is 17.3 Å². The van der Waals surface area contributed by atoms with Crippen LogP contribution in [0.3, 0.4) is 0 Å². The van der Waals surface area contributed by atoms with Crippen LogP contribution in [0.2, 0.25) is 0 Å². The second-order valence-electron chi connectivity index (χ2n) is 4.72. The lowest BCUT2D eigenvalue weighted by atomic mass is 10.3. The van der Waals surface area contributed by atoms with E-state index in [0.717, 1.165) is 26.1 Å². The van der Waals surface area contributed by atoms with Crippen molar-refractivity contribution < 1.29 is 31.3 Å². The lowest BCUT2D eigenvalue weighted by Crippen LogP contribution is -2.32. The van der Waals surface area contributed by atoms with Gasteiger partial charge in [-0.15, -0.1) is 0 Å². The molecule has 0 radical (unpaired) electrons. The maximum Gasteiger partial charge on any atom is 0.673 e. The van der Waals surface area contributed by atoms with Crippen LogP contribution in [0.15, 0.2) is 18.7 Å². The second kappa shape index (κ2) is 12.5. The van der Waals surface area contributed by atoms with Gasteiger partial charge in [0.1, 0.15) is 12.4 Å². The van der Waals surface area contributed by atoms with Crippen molar-refractivity contribution in [2.24, 2.45) is 0 Å². The largest absolute Gasteiger partial charge is 0.673 e. The predicted molar refractivity (Wildman–Crippen MR) is 76.5 cm³/mol. The maximum atomic E-state index is 9.75. The van der Waals surface area contributed by atoms with Crippen molar-refractivity contribution >= 4 is 7.25 Å². The SMILES string of the molecule is CCCCOCn1cc[n+](COCCCC)c1.F[B-](F)(F)F. The average Bonchev–Trinajstić information content (AvgIpc) is 2.86. The monoisotopic (exact) mass is 328 g/mol. The molecule has 0 atom stereocenters. The number of hydrogen-bond donors (Lipinski definition) is 0. The van der Waals surface area contributed by atoms with E-state index in [1.54, 1.807) is 0 Å². The molecule has 0 amide bonds. The molecule has 4 nitrogen and oxygen atoms in total. The summed E-state index contributed by atoms with van der Waals surface area (Å²) in [5, 5.41) is 0. The highest BCUT2D eigenvalue weighted by Crippen LogP contribution is 2.06. The Kier molecular flexibility index (Phi) is 11.8. The molecule has 0 fully saturated rings. The van der Waals surface area contributed by atoms with Gasteiger partial charge in [0.25, 0.3) is 0 Å². The Labute approximate surface area is 129 Å². The van der Waals surface area contributed by atoms with E-state index in [1.165, 1.54) is 12.8 Å². The van der Waals surface area contributed by atoms with Gasteiger partial charge in [-0.3, -0.25) is 0 Å².